The molecule has 4 nitrogen and oxygen atoms in total. The van der Waals surface area contributed by atoms with Gasteiger partial charge in [-0.25, -0.2) is 0 Å². The van der Waals surface area contributed by atoms with Crippen molar-refractivity contribution in [3.8, 4) is 0 Å². The lowest BCUT2D eigenvalue weighted by Gasteiger charge is -2.33. The maximum absolute atomic E-state index is 13.3. The van der Waals surface area contributed by atoms with E-state index in [0.29, 0.717) is 32.8 Å². The second-order valence-electron chi connectivity index (χ2n) is 8.51. The van der Waals surface area contributed by atoms with Crippen molar-refractivity contribution in [3.63, 3.8) is 0 Å². The molecule has 0 bridgehead atoms. The van der Waals surface area contributed by atoms with E-state index < -0.39 is 11.6 Å². The normalized spacial score (nSPS) is 12.3. The summed E-state index contributed by atoms with van der Waals surface area (Å²) >= 11 is 20.3. The molecule has 0 fully saturated rings. The van der Waals surface area contributed by atoms with Gasteiger partial charge < -0.3 is 10.2 Å². The van der Waals surface area contributed by atoms with Gasteiger partial charge in [0.05, 0.1) is 5.75 Å². The van der Waals surface area contributed by atoms with E-state index in [1.165, 1.54) is 11.8 Å². The lowest BCUT2D eigenvalue weighted by molar-refractivity contribution is -0.140. The van der Waals surface area contributed by atoms with E-state index in [0.717, 1.165) is 5.56 Å². The summed E-state index contributed by atoms with van der Waals surface area (Å²) < 4.78 is 0. The Morgan fingerprint density at radius 2 is 1.69 bits per heavy atom. The second kappa shape index (κ2) is 12.2. The van der Waals surface area contributed by atoms with Gasteiger partial charge in [-0.3, -0.25) is 9.59 Å². The van der Waals surface area contributed by atoms with E-state index in [9.17, 15) is 9.59 Å². The molecule has 2 aromatic carbocycles. The third-order valence-corrected chi connectivity index (χ3v) is 6.59. The van der Waals surface area contributed by atoms with E-state index in [2.05, 4.69) is 5.32 Å². The number of rotatable bonds is 9. The zero-order valence-corrected chi connectivity index (χ0v) is 21.8. The van der Waals surface area contributed by atoms with Crippen LogP contribution in [-0.2, 0) is 21.9 Å². The Morgan fingerprint density at radius 1 is 1.06 bits per heavy atom. The van der Waals surface area contributed by atoms with Gasteiger partial charge in [-0.1, -0.05) is 59.9 Å². The standard InChI is InChI=1S/C24H29Cl3N2O2S/c1-5-21(23(31)28-24(2,3)4)29(13-18-19(26)10-7-11-20(18)27)22(30)15-32-14-16-8-6-9-17(25)12-16/h6-12,21H,5,13-15H2,1-4H3,(H,28,31)/t21-/m0/s1. The third kappa shape index (κ3) is 8.18. The first-order chi connectivity index (χ1) is 15.0. The molecule has 0 spiro atoms. The molecule has 0 unspecified atom stereocenters. The number of benzene rings is 2. The molecule has 0 aliphatic rings. The summed E-state index contributed by atoms with van der Waals surface area (Å²) in [5, 5.41) is 4.58. The van der Waals surface area contributed by atoms with Crippen molar-refractivity contribution in [1.29, 1.82) is 0 Å². The van der Waals surface area contributed by atoms with Crippen molar-refractivity contribution in [1.82, 2.24) is 10.2 Å². The molecule has 0 aliphatic carbocycles. The van der Waals surface area contributed by atoms with Gasteiger partial charge in [-0.15, -0.1) is 11.8 Å². The summed E-state index contributed by atoms with van der Waals surface area (Å²) in [5.41, 5.74) is 1.25. The number of hydrogen-bond acceptors (Lipinski definition) is 3. The highest BCUT2D eigenvalue weighted by molar-refractivity contribution is 7.99. The highest BCUT2D eigenvalue weighted by Crippen LogP contribution is 2.28. The molecule has 1 N–H and O–H groups in total. The number of carbonyl (C=O) groups excluding carboxylic acids is 2. The summed E-state index contributed by atoms with van der Waals surface area (Å²) in [6.07, 6.45) is 0.467. The number of carbonyl (C=O) groups is 2. The van der Waals surface area contributed by atoms with E-state index in [4.69, 9.17) is 34.8 Å². The minimum Gasteiger partial charge on any atom is -0.350 e. The molecule has 0 saturated heterocycles. The number of nitrogens with zero attached hydrogens (tertiary/aromatic N) is 1. The molecule has 0 heterocycles. The molecule has 2 aromatic rings. The van der Waals surface area contributed by atoms with Crippen LogP contribution >= 0.6 is 46.6 Å². The highest BCUT2D eigenvalue weighted by atomic mass is 35.5. The Hall–Kier alpha value is -1.40. The van der Waals surface area contributed by atoms with Crippen LogP contribution in [0.5, 0.6) is 0 Å². The first kappa shape index (κ1) is 26.8. The van der Waals surface area contributed by atoms with Crippen LogP contribution in [0, 0.1) is 0 Å². The maximum atomic E-state index is 13.3. The molecular weight excluding hydrogens is 487 g/mol. The van der Waals surface area contributed by atoms with E-state index >= 15 is 0 Å². The molecule has 0 radical (unpaired) electrons. The van der Waals surface area contributed by atoms with Crippen molar-refractivity contribution < 1.29 is 9.59 Å². The molecular formula is C24H29Cl3N2O2S. The number of amides is 2. The van der Waals surface area contributed by atoms with Gasteiger partial charge in [0.15, 0.2) is 0 Å². The van der Waals surface area contributed by atoms with E-state index in [1.807, 2.05) is 52.0 Å². The predicted molar refractivity (Wildman–Crippen MR) is 137 cm³/mol. The number of thioether (sulfide) groups is 1. The Bertz CT molecular complexity index is 927. The van der Waals surface area contributed by atoms with Gasteiger partial charge in [0.25, 0.3) is 0 Å². The van der Waals surface area contributed by atoms with Gasteiger partial charge in [-0.05, 0) is 57.0 Å². The monoisotopic (exact) mass is 514 g/mol. The lowest BCUT2D eigenvalue weighted by atomic mass is 10.1. The smallest absolute Gasteiger partial charge is 0.243 e. The summed E-state index contributed by atoms with van der Waals surface area (Å²) in [6.45, 7) is 7.78. The minimum atomic E-state index is -0.638. The topological polar surface area (TPSA) is 49.4 Å². The highest BCUT2D eigenvalue weighted by Gasteiger charge is 2.31. The molecule has 0 aromatic heterocycles. The van der Waals surface area contributed by atoms with Crippen LogP contribution in [-0.4, -0.2) is 34.0 Å². The van der Waals surface area contributed by atoms with Gasteiger partial charge in [0.1, 0.15) is 6.04 Å². The summed E-state index contributed by atoms with van der Waals surface area (Å²) in [4.78, 5) is 27.9. The molecule has 2 amide bonds. The molecule has 8 heteroatoms. The number of halogens is 3. The fourth-order valence-corrected chi connectivity index (χ4v) is 4.78. The quantitative estimate of drug-likeness (QED) is 0.409. The van der Waals surface area contributed by atoms with Crippen LogP contribution in [0.4, 0.5) is 0 Å². The first-order valence-corrected chi connectivity index (χ1v) is 12.7. The zero-order valence-electron chi connectivity index (χ0n) is 18.8. The Labute approximate surface area is 210 Å². The Morgan fingerprint density at radius 3 is 2.25 bits per heavy atom. The molecule has 0 aliphatic heterocycles. The van der Waals surface area contributed by atoms with Gasteiger partial charge in [0, 0.05) is 38.5 Å². The second-order valence-corrected chi connectivity index (χ2v) is 10.7. The minimum absolute atomic E-state index is 0.149. The van der Waals surface area contributed by atoms with Crippen molar-refractivity contribution >= 4 is 58.4 Å². The van der Waals surface area contributed by atoms with Gasteiger partial charge in [0.2, 0.25) is 11.8 Å². The van der Waals surface area contributed by atoms with Crippen LogP contribution in [0.15, 0.2) is 42.5 Å². The van der Waals surface area contributed by atoms with Crippen molar-refractivity contribution in [2.75, 3.05) is 5.75 Å². The Balaban J connectivity index is 2.23. The van der Waals surface area contributed by atoms with Crippen LogP contribution < -0.4 is 5.32 Å². The molecule has 0 saturated carbocycles. The van der Waals surface area contributed by atoms with Crippen LogP contribution in [0.2, 0.25) is 15.1 Å². The molecule has 32 heavy (non-hydrogen) atoms. The maximum Gasteiger partial charge on any atom is 0.243 e. The molecule has 2 rings (SSSR count). The molecule has 1 atom stereocenters. The van der Waals surface area contributed by atoms with E-state index in [1.54, 1.807) is 23.1 Å². The van der Waals surface area contributed by atoms with Crippen LogP contribution in [0.3, 0.4) is 0 Å². The van der Waals surface area contributed by atoms with E-state index in [-0.39, 0.29) is 24.1 Å². The number of nitrogens with one attached hydrogen (secondary N) is 1. The lowest BCUT2D eigenvalue weighted by Crippen LogP contribution is -2.53. The average molecular weight is 516 g/mol. The van der Waals surface area contributed by atoms with Crippen LogP contribution in [0.25, 0.3) is 0 Å². The third-order valence-electron chi connectivity index (χ3n) is 4.66. The number of hydrogen-bond donors (Lipinski definition) is 1. The van der Waals surface area contributed by atoms with Crippen molar-refractivity contribution in [2.24, 2.45) is 0 Å². The fourth-order valence-electron chi connectivity index (χ4n) is 3.19. The average Bonchev–Trinajstić information content (AvgIpc) is 2.68. The summed E-state index contributed by atoms with van der Waals surface area (Å²) in [6, 6.07) is 12.1. The molecule has 174 valence electrons. The van der Waals surface area contributed by atoms with Crippen LogP contribution in [0.1, 0.15) is 45.2 Å². The van der Waals surface area contributed by atoms with Crippen molar-refractivity contribution in [2.45, 2.75) is 58.0 Å². The zero-order chi connectivity index (χ0) is 23.9. The predicted octanol–water partition coefficient (Wildman–Crippen LogP) is 6.60. The first-order valence-electron chi connectivity index (χ1n) is 10.4. The van der Waals surface area contributed by atoms with Gasteiger partial charge in [-0.2, -0.15) is 0 Å². The summed E-state index contributed by atoms with van der Waals surface area (Å²) in [7, 11) is 0. The van der Waals surface area contributed by atoms with Crippen molar-refractivity contribution in [3.05, 3.63) is 68.7 Å². The van der Waals surface area contributed by atoms with Gasteiger partial charge >= 0.3 is 0 Å². The Kier molecular flexibility index (Phi) is 10.2. The summed E-state index contributed by atoms with van der Waals surface area (Å²) in [5.74, 6) is 0.506. The largest absolute Gasteiger partial charge is 0.350 e. The SMILES string of the molecule is CC[C@@H](C(=O)NC(C)(C)C)N(Cc1c(Cl)cccc1Cl)C(=O)CSCc1cccc(Cl)c1. The fraction of sp³-hybridized carbons (Fsp3) is 0.417.